The molecule has 0 radical (unpaired) electrons. The molecule has 1 amide bonds. The number of halogens is 3. The highest BCUT2D eigenvalue weighted by atomic mass is 127. The first-order valence-electron chi connectivity index (χ1n) is 5.29. The van der Waals surface area contributed by atoms with E-state index in [-0.39, 0.29) is 5.91 Å². The number of amides is 1. The summed E-state index contributed by atoms with van der Waals surface area (Å²) in [6, 6.07) is 10.1. The number of anilines is 2. The summed E-state index contributed by atoms with van der Waals surface area (Å²) < 4.78 is 0.882. The van der Waals surface area contributed by atoms with Crippen LogP contribution in [0.3, 0.4) is 0 Å². The minimum Gasteiger partial charge on any atom is -0.397 e. The SMILES string of the molecule is Nc1cccc(Cl)c1NC(=O)c1ccc(I)c(Cl)c1. The van der Waals surface area contributed by atoms with Crippen molar-refractivity contribution in [3.8, 4) is 0 Å². The first-order chi connectivity index (χ1) is 8.99. The molecule has 0 saturated heterocycles. The van der Waals surface area contributed by atoms with Gasteiger partial charge in [0.2, 0.25) is 0 Å². The molecule has 98 valence electrons. The largest absolute Gasteiger partial charge is 0.397 e. The second-order valence-corrected chi connectivity index (χ2v) is 5.76. The van der Waals surface area contributed by atoms with Crippen molar-refractivity contribution >= 4 is 63.1 Å². The van der Waals surface area contributed by atoms with E-state index in [0.717, 1.165) is 3.57 Å². The molecule has 2 aromatic rings. The number of nitrogens with two attached hydrogens (primary N) is 1. The molecule has 3 N–H and O–H groups in total. The lowest BCUT2D eigenvalue weighted by Crippen LogP contribution is -2.13. The van der Waals surface area contributed by atoms with Crippen LogP contribution in [0.2, 0.25) is 10.0 Å². The van der Waals surface area contributed by atoms with E-state index in [0.29, 0.717) is 27.0 Å². The van der Waals surface area contributed by atoms with Crippen molar-refractivity contribution in [1.82, 2.24) is 0 Å². The van der Waals surface area contributed by atoms with Gasteiger partial charge in [0.05, 0.1) is 21.4 Å². The topological polar surface area (TPSA) is 55.1 Å². The molecule has 2 aromatic carbocycles. The normalized spacial score (nSPS) is 10.3. The summed E-state index contributed by atoms with van der Waals surface area (Å²) in [5.41, 5.74) is 7.04. The maximum Gasteiger partial charge on any atom is 0.255 e. The number of benzene rings is 2. The molecule has 0 heterocycles. The molecule has 0 aromatic heterocycles. The Morgan fingerprint density at radius 3 is 2.53 bits per heavy atom. The van der Waals surface area contributed by atoms with Crippen LogP contribution < -0.4 is 11.1 Å². The van der Waals surface area contributed by atoms with Crippen LogP contribution >= 0.6 is 45.8 Å². The second-order valence-electron chi connectivity index (χ2n) is 3.79. The smallest absolute Gasteiger partial charge is 0.255 e. The molecule has 0 aliphatic rings. The number of hydrogen-bond acceptors (Lipinski definition) is 2. The van der Waals surface area contributed by atoms with E-state index in [1.165, 1.54) is 0 Å². The molecule has 6 heteroatoms. The standard InChI is InChI=1S/C13H9Cl2IN2O/c14-8-2-1-3-11(17)12(8)18-13(19)7-4-5-10(16)9(15)6-7/h1-6H,17H2,(H,18,19). The molecule has 0 saturated carbocycles. The highest BCUT2D eigenvalue weighted by molar-refractivity contribution is 14.1. The predicted octanol–water partition coefficient (Wildman–Crippen LogP) is 4.43. The molecule has 0 atom stereocenters. The van der Waals surface area contributed by atoms with Gasteiger partial charge >= 0.3 is 0 Å². The van der Waals surface area contributed by atoms with Crippen molar-refractivity contribution < 1.29 is 4.79 Å². The van der Waals surface area contributed by atoms with Gasteiger partial charge in [-0.2, -0.15) is 0 Å². The van der Waals surface area contributed by atoms with Gasteiger partial charge in [-0.25, -0.2) is 0 Å². The second kappa shape index (κ2) is 5.98. The molecule has 2 rings (SSSR count). The fourth-order valence-corrected chi connectivity index (χ4v) is 2.24. The van der Waals surface area contributed by atoms with Crippen LogP contribution in [0.15, 0.2) is 36.4 Å². The summed E-state index contributed by atoms with van der Waals surface area (Å²) in [6.07, 6.45) is 0. The summed E-state index contributed by atoms with van der Waals surface area (Å²) in [5.74, 6) is -0.307. The van der Waals surface area contributed by atoms with Crippen LogP contribution in [0, 0.1) is 3.57 Å². The Morgan fingerprint density at radius 1 is 1.16 bits per heavy atom. The van der Waals surface area contributed by atoms with Gasteiger partial charge in [-0.3, -0.25) is 4.79 Å². The van der Waals surface area contributed by atoms with Crippen LogP contribution in [0.4, 0.5) is 11.4 Å². The van der Waals surface area contributed by atoms with Crippen molar-refractivity contribution in [2.75, 3.05) is 11.1 Å². The van der Waals surface area contributed by atoms with Crippen LogP contribution in [0.25, 0.3) is 0 Å². The molecule has 0 aliphatic carbocycles. The fraction of sp³-hybridized carbons (Fsp3) is 0. The minimum absolute atomic E-state index is 0.307. The highest BCUT2D eigenvalue weighted by Gasteiger charge is 2.12. The number of hydrogen-bond donors (Lipinski definition) is 2. The predicted molar refractivity (Wildman–Crippen MR) is 88.0 cm³/mol. The van der Waals surface area contributed by atoms with Gasteiger partial charge in [-0.05, 0) is 52.9 Å². The average Bonchev–Trinajstić information content (AvgIpc) is 2.37. The Balaban J connectivity index is 2.28. The maximum atomic E-state index is 12.1. The van der Waals surface area contributed by atoms with Crippen LogP contribution in [0.1, 0.15) is 10.4 Å². The van der Waals surface area contributed by atoms with Gasteiger partial charge in [0.15, 0.2) is 0 Å². The number of rotatable bonds is 2. The third-order valence-corrected chi connectivity index (χ3v) is 4.35. The van der Waals surface area contributed by atoms with Gasteiger partial charge < -0.3 is 11.1 Å². The lowest BCUT2D eigenvalue weighted by molar-refractivity contribution is 0.102. The van der Waals surface area contributed by atoms with Gasteiger partial charge in [0.25, 0.3) is 5.91 Å². The van der Waals surface area contributed by atoms with Crippen molar-refractivity contribution in [1.29, 1.82) is 0 Å². The molecule has 3 nitrogen and oxygen atoms in total. The van der Waals surface area contributed by atoms with Crippen molar-refractivity contribution in [3.63, 3.8) is 0 Å². The van der Waals surface area contributed by atoms with Crippen LogP contribution in [-0.4, -0.2) is 5.91 Å². The van der Waals surface area contributed by atoms with Crippen molar-refractivity contribution in [2.24, 2.45) is 0 Å². The molecule has 0 aliphatic heterocycles. The molecule has 0 unspecified atom stereocenters. The monoisotopic (exact) mass is 406 g/mol. The summed E-state index contributed by atoms with van der Waals surface area (Å²) >= 11 is 14.1. The zero-order valence-corrected chi connectivity index (χ0v) is 13.3. The number of carbonyl (C=O) groups is 1. The lowest BCUT2D eigenvalue weighted by Gasteiger charge is -2.10. The van der Waals surface area contributed by atoms with Crippen LogP contribution in [-0.2, 0) is 0 Å². The Morgan fingerprint density at radius 2 is 1.89 bits per heavy atom. The third kappa shape index (κ3) is 3.32. The lowest BCUT2D eigenvalue weighted by atomic mass is 10.2. The van der Waals surface area contributed by atoms with Gasteiger partial charge in [0.1, 0.15) is 0 Å². The van der Waals surface area contributed by atoms with Crippen molar-refractivity contribution in [2.45, 2.75) is 0 Å². The number of nitrogen functional groups attached to an aromatic ring is 1. The Bertz CT molecular complexity index is 626. The summed E-state index contributed by atoms with van der Waals surface area (Å²) in [7, 11) is 0. The summed E-state index contributed by atoms with van der Waals surface area (Å²) in [4.78, 5) is 12.1. The van der Waals surface area contributed by atoms with Crippen molar-refractivity contribution in [3.05, 3.63) is 55.6 Å². The zero-order valence-electron chi connectivity index (χ0n) is 9.58. The van der Waals surface area contributed by atoms with E-state index >= 15 is 0 Å². The Kier molecular flexibility index (Phi) is 4.54. The molecule has 19 heavy (non-hydrogen) atoms. The van der Waals surface area contributed by atoms with Crippen LogP contribution in [0.5, 0.6) is 0 Å². The average molecular weight is 407 g/mol. The Hall–Kier alpha value is -0.980. The van der Waals surface area contributed by atoms with E-state index in [1.807, 2.05) is 0 Å². The molecule has 0 bridgehead atoms. The maximum absolute atomic E-state index is 12.1. The molecule has 0 fully saturated rings. The van der Waals surface area contributed by atoms with E-state index in [1.54, 1.807) is 36.4 Å². The van der Waals surface area contributed by atoms with E-state index in [4.69, 9.17) is 28.9 Å². The molecule has 0 spiro atoms. The first-order valence-corrected chi connectivity index (χ1v) is 7.13. The van der Waals surface area contributed by atoms with Gasteiger partial charge in [0, 0.05) is 9.13 Å². The third-order valence-electron chi connectivity index (χ3n) is 2.47. The summed E-state index contributed by atoms with van der Waals surface area (Å²) in [6.45, 7) is 0. The summed E-state index contributed by atoms with van der Waals surface area (Å²) in [5, 5.41) is 3.61. The zero-order chi connectivity index (χ0) is 14.0. The Labute approximate surface area is 134 Å². The fourth-order valence-electron chi connectivity index (χ4n) is 1.50. The number of para-hydroxylation sites is 1. The molecular weight excluding hydrogens is 398 g/mol. The number of carbonyl (C=O) groups excluding carboxylic acids is 1. The van der Waals surface area contributed by atoms with E-state index < -0.39 is 0 Å². The molecular formula is C13H9Cl2IN2O. The van der Waals surface area contributed by atoms with E-state index in [2.05, 4.69) is 27.9 Å². The highest BCUT2D eigenvalue weighted by Crippen LogP contribution is 2.28. The number of nitrogens with one attached hydrogen (secondary N) is 1. The van der Waals surface area contributed by atoms with Gasteiger partial charge in [-0.1, -0.05) is 29.3 Å². The van der Waals surface area contributed by atoms with E-state index in [9.17, 15) is 4.79 Å². The first kappa shape index (κ1) is 14.4. The quantitative estimate of drug-likeness (QED) is 0.572. The van der Waals surface area contributed by atoms with Gasteiger partial charge in [-0.15, -0.1) is 0 Å². The minimum atomic E-state index is -0.307.